The molecule has 0 aliphatic heterocycles. The highest BCUT2D eigenvalue weighted by molar-refractivity contribution is 5.71. The summed E-state index contributed by atoms with van der Waals surface area (Å²) in [7, 11) is 0. The molecule has 2 amide bonds. The first kappa shape index (κ1) is 17.6. The van der Waals surface area contributed by atoms with Gasteiger partial charge in [0.15, 0.2) is 0 Å². The van der Waals surface area contributed by atoms with Crippen LogP contribution in [0.15, 0.2) is 9.98 Å². The molecule has 0 aromatic heterocycles. The van der Waals surface area contributed by atoms with Gasteiger partial charge in [-0.3, -0.25) is 0 Å². The minimum Gasteiger partial charge on any atom is -0.352 e. The third-order valence-corrected chi connectivity index (χ3v) is 2.58. The molecule has 0 aromatic rings. The Hall–Kier alpha value is -1.35. The molecule has 110 valence electrons. The van der Waals surface area contributed by atoms with Crippen molar-refractivity contribution in [1.29, 1.82) is 0 Å². The van der Waals surface area contributed by atoms with Crippen LogP contribution in [-0.4, -0.2) is 30.2 Å². The van der Waals surface area contributed by atoms with Crippen LogP contribution in [0.5, 0.6) is 0 Å². The molecule has 1 aliphatic carbocycles. The van der Waals surface area contributed by atoms with E-state index < -0.39 is 0 Å². The molecule has 0 aromatic carbocycles. The van der Waals surface area contributed by atoms with Gasteiger partial charge in [0.25, 0.3) is 0 Å². The van der Waals surface area contributed by atoms with Gasteiger partial charge in [0, 0.05) is 6.04 Å². The zero-order chi connectivity index (χ0) is 14.7. The first-order valence-electron chi connectivity index (χ1n) is 7.12. The van der Waals surface area contributed by atoms with E-state index in [0.717, 1.165) is 12.8 Å². The van der Waals surface area contributed by atoms with Crippen LogP contribution in [0.3, 0.4) is 0 Å². The van der Waals surface area contributed by atoms with Gasteiger partial charge in [-0.25, -0.2) is 14.8 Å². The van der Waals surface area contributed by atoms with E-state index in [9.17, 15) is 4.79 Å². The molecular weight excluding hydrogens is 240 g/mol. The van der Waals surface area contributed by atoms with Gasteiger partial charge in [-0.15, -0.1) is 0 Å². The number of nitrogens with one attached hydrogen (secondary N) is 1. The highest BCUT2D eigenvalue weighted by Gasteiger charge is 2.13. The molecule has 19 heavy (non-hydrogen) atoms. The number of nitrogens with zero attached hydrogens (tertiary/aromatic N) is 2. The minimum atomic E-state index is -0.382. The Morgan fingerprint density at radius 1 is 1.11 bits per heavy atom. The maximum atomic E-state index is 10.4. The second kappa shape index (κ2) is 10.6. The Morgan fingerprint density at radius 2 is 1.58 bits per heavy atom. The van der Waals surface area contributed by atoms with Gasteiger partial charge in [-0.05, 0) is 40.5 Å². The highest BCUT2D eigenvalue weighted by Crippen LogP contribution is 2.16. The molecule has 1 fully saturated rings. The smallest absolute Gasteiger partial charge is 0.312 e. The molecule has 0 bridgehead atoms. The predicted molar refractivity (Wildman–Crippen MR) is 79.7 cm³/mol. The van der Waals surface area contributed by atoms with Crippen LogP contribution in [0.4, 0.5) is 4.79 Å². The maximum absolute atomic E-state index is 10.4. The van der Waals surface area contributed by atoms with E-state index in [1.165, 1.54) is 19.3 Å². The summed E-state index contributed by atoms with van der Waals surface area (Å²) >= 11 is 0. The lowest BCUT2D eigenvalue weighted by Crippen LogP contribution is -2.39. The number of nitrogens with two attached hydrogens (primary N) is 1. The molecule has 1 saturated carbocycles. The molecule has 0 saturated heterocycles. The molecule has 0 heterocycles. The zero-order valence-electron chi connectivity index (χ0n) is 12.6. The molecule has 0 atom stereocenters. The fraction of sp³-hybridized carbons (Fsp3) is 0.857. The molecule has 1 aliphatic rings. The average Bonchev–Trinajstić information content (AvgIpc) is 2.29. The van der Waals surface area contributed by atoms with Crippen molar-refractivity contribution in [2.24, 2.45) is 15.7 Å². The van der Waals surface area contributed by atoms with Crippen LogP contribution in [0.2, 0.25) is 0 Å². The summed E-state index contributed by atoms with van der Waals surface area (Å²) < 4.78 is 0. The number of primary amides is 1. The summed E-state index contributed by atoms with van der Waals surface area (Å²) in [6.07, 6.45) is 5.96. The van der Waals surface area contributed by atoms with Crippen molar-refractivity contribution in [3.05, 3.63) is 0 Å². The molecule has 0 spiro atoms. The van der Waals surface area contributed by atoms with Gasteiger partial charge in [-0.2, -0.15) is 0 Å². The van der Waals surface area contributed by atoms with Crippen LogP contribution in [-0.2, 0) is 0 Å². The third kappa shape index (κ3) is 12.9. The zero-order valence-corrected chi connectivity index (χ0v) is 12.6. The standard InChI is InChI=1S/C7H14N2O.C7H14N2/c8-7(10)9-6-4-2-1-3-5-6;1-6(2)8-5-9-7(3)4/h6H,1-5H2,(H3,8,9,10);6-7H,1-4H3. The van der Waals surface area contributed by atoms with E-state index >= 15 is 0 Å². The number of hydrogen-bond donors (Lipinski definition) is 2. The fourth-order valence-corrected chi connectivity index (χ4v) is 1.71. The van der Waals surface area contributed by atoms with Crippen LogP contribution >= 0.6 is 0 Å². The second-order valence-electron chi connectivity index (χ2n) is 5.39. The number of rotatable bonds is 3. The Labute approximate surface area is 116 Å². The molecule has 5 heteroatoms. The molecule has 0 radical (unpaired) electrons. The van der Waals surface area contributed by atoms with Gasteiger partial charge in [0.1, 0.15) is 0 Å². The first-order valence-corrected chi connectivity index (χ1v) is 7.12. The molecule has 3 N–H and O–H groups in total. The summed E-state index contributed by atoms with van der Waals surface area (Å²) in [6.45, 7) is 8.01. The summed E-state index contributed by atoms with van der Waals surface area (Å²) in [4.78, 5) is 18.3. The fourth-order valence-electron chi connectivity index (χ4n) is 1.71. The lowest BCUT2D eigenvalue weighted by molar-refractivity contribution is 0.241. The van der Waals surface area contributed by atoms with E-state index in [4.69, 9.17) is 5.73 Å². The van der Waals surface area contributed by atoms with Gasteiger partial charge in [0.05, 0.1) is 18.1 Å². The lowest BCUT2D eigenvalue weighted by atomic mass is 9.96. The number of hydrogen-bond acceptors (Lipinski definition) is 3. The third-order valence-electron chi connectivity index (χ3n) is 2.58. The summed E-state index contributed by atoms with van der Waals surface area (Å²) in [5, 5.41) is 2.72. The predicted octanol–water partition coefficient (Wildman–Crippen LogP) is 2.96. The second-order valence-corrected chi connectivity index (χ2v) is 5.39. The van der Waals surface area contributed by atoms with Crippen molar-refractivity contribution in [1.82, 2.24) is 5.32 Å². The van der Waals surface area contributed by atoms with Crippen LogP contribution in [0.1, 0.15) is 59.8 Å². The van der Waals surface area contributed by atoms with Crippen LogP contribution in [0, 0.1) is 0 Å². The van der Waals surface area contributed by atoms with E-state index in [-0.39, 0.29) is 6.03 Å². The molecule has 0 unspecified atom stereocenters. The lowest BCUT2D eigenvalue weighted by Gasteiger charge is -2.21. The molecule has 1 rings (SSSR count). The number of carbonyl (C=O) groups is 1. The van der Waals surface area contributed by atoms with Gasteiger partial charge in [0.2, 0.25) is 0 Å². The molecular formula is C14H28N4O. The van der Waals surface area contributed by atoms with E-state index in [0.29, 0.717) is 18.1 Å². The maximum Gasteiger partial charge on any atom is 0.312 e. The first-order chi connectivity index (χ1) is 8.91. The Bertz CT molecular complexity index is 289. The monoisotopic (exact) mass is 268 g/mol. The van der Waals surface area contributed by atoms with Crippen molar-refractivity contribution in [2.75, 3.05) is 0 Å². The topological polar surface area (TPSA) is 79.8 Å². The van der Waals surface area contributed by atoms with Gasteiger partial charge in [-0.1, -0.05) is 19.3 Å². The van der Waals surface area contributed by atoms with Crippen LogP contribution < -0.4 is 11.1 Å². The van der Waals surface area contributed by atoms with Gasteiger partial charge >= 0.3 is 6.03 Å². The SMILES string of the molecule is CC(C)N=C=NC(C)C.NC(=O)NC1CCCCC1. The number of amides is 2. The normalized spacial score (nSPS) is 15.3. The summed E-state index contributed by atoms with van der Waals surface area (Å²) in [5.74, 6) is 0. The Kier molecular flexibility index (Phi) is 9.81. The van der Waals surface area contributed by atoms with E-state index in [2.05, 4.69) is 21.3 Å². The van der Waals surface area contributed by atoms with Crippen molar-refractivity contribution in [3.8, 4) is 0 Å². The minimum absolute atomic E-state index is 0.312. The summed E-state index contributed by atoms with van der Waals surface area (Å²) in [6, 6.07) is 3.23. The quantitative estimate of drug-likeness (QED) is 0.758. The average molecular weight is 268 g/mol. The van der Waals surface area contributed by atoms with E-state index in [1.807, 2.05) is 27.7 Å². The summed E-state index contributed by atoms with van der Waals surface area (Å²) in [5.41, 5.74) is 4.97. The van der Waals surface area contributed by atoms with Gasteiger partial charge < -0.3 is 11.1 Å². The van der Waals surface area contributed by atoms with Crippen molar-refractivity contribution in [2.45, 2.75) is 77.9 Å². The largest absolute Gasteiger partial charge is 0.352 e. The molecule has 5 nitrogen and oxygen atoms in total. The Balaban J connectivity index is 0.000000344. The van der Waals surface area contributed by atoms with E-state index in [1.54, 1.807) is 0 Å². The van der Waals surface area contributed by atoms with Crippen LogP contribution in [0.25, 0.3) is 0 Å². The van der Waals surface area contributed by atoms with Crippen molar-refractivity contribution < 1.29 is 4.79 Å². The van der Waals surface area contributed by atoms with Crippen molar-refractivity contribution in [3.63, 3.8) is 0 Å². The number of aliphatic imine (C=N–C) groups is 2. The highest BCUT2D eigenvalue weighted by atomic mass is 16.2. The number of urea groups is 1. The Morgan fingerprint density at radius 3 is 1.95 bits per heavy atom. The van der Waals surface area contributed by atoms with Crippen molar-refractivity contribution >= 4 is 12.0 Å². The number of carbonyl (C=O) groups excluding carboxylic acids is 1.